The molecular formula is C22H26FN7O. The van der Waals surface area contributed by atoms with Crippen LogP contribution in [0.25, 0.3) is 17.1 Å². The molecule has 9 heteroatoms. The first kappa shape index (κ1) is 19.9. The summed E-state index contributed by atoms with van der Waals surface area (Å²) in [6.45, 7) is 1.98. The normalized spacial score (nSPS) is 27.8. The van der Waals surface area contributed by atoms with Crippen LogP contribution in [0, 0.1) is 0 Å². The van der Waals surface area contributed by atoms with Crippen LogP contribution in [0.1, 0.15) is 32.6 Å². The zero-order valence-corrected chi connectivity index (χ0v) is 17.6. The van der Waals surface area contributed by atoms with Crippen molar-refractivity contribution in [2.75, 3.05) is 11.9 Å². The molecule has 3 aromatic heterocycles. The van der Waals surface area contributed by atoms with Gasteiger partial charge in [-0.15, -0.1) is 0 Å². The molecule has 0 radical (unpaired) electrons. The second-order valence-corrected chi connectivity index (χ2v) is 8.79. The number of hydrogen-bond acceptors (Lipinski definition) is 6. The first-order chi connectivity index (χ1) is 14.9. The monoisotopic (exact) mass is 423 g/mol. The van der Waals surface area contributed by atoms with Gasteiger partial charge in [0, 0.05) is 43.3 Å². The van der Waals surface area contributed by atoms with Crippen LogP contribution in [-0.4, -0.2) is 55.3 Å². The fourth-order valence-corrected chi connectivity index (χ4v) is 4.93. The molecule has 2 bridgehead atoms. The molecule has 0 saturated carbocycles. The van der Waals surface area contributed by atoms with Gasteiger partial charge in [0.05, 0.1) is 29.7 Å². The van der Waals surface area contributed by atoms with Crippen molar-refractivity contribution in [3.63, 3.8) is 0 Å². The van der Waals surface area contributed by atoms with Gasteiger partial charge in [-0.1, -0.05) is 0 Å². The van der Waals surface area contributed by atoms with Gasteiger partial charge < -0.3 is 15.2 Å². The Hall–Kier alpha value is -3.07. The fraction of sp³-hybridized carbons (Fsp3) is 0.455. The summed E-state index contributed by atoms with van der Waals surface area (Å²) < 4.78 is 17.1. The van der Waals surface area contributed by atoms with Crippen molar-refractivity contribution in [3.8, 4) is 17.1 Å². The fourth-order valence-electron chi connectivity index (χ4n) is 4.93. The van der Waals surface area contributed by atoms with Gasteiger partial charge in [-0.05, 0) is 32.6 Å². The molecule has 0 aromatic carbocycles. The van der Waals surface area contributed by atoms with Crippen LogP contribution in [0.4, 0.5) is 10.2 Å². The van der Waals surface area contributed by atoms with Crippen LogP contribution >= 0.6 is 0 Å². The molecule has 2 fully saturated rings. The van der Waals surface area contributed by atoms with Gasteiger partial charge in [0.2, 0.25) is 0 Å². The van der Waals surface area contributed by atoms with Gasteiger partial charge in [0.1, 0.15) is 24.1 Å². The van der Waals surface area contributed by atoms with Crippen molar-refractivity contribution in [1.82, 2.24) is 29.8 Å². The molecule has 31 heavy (non-hydrogen) atoms. The maximum absolute atomic E-state index is 15.4. The molecule has 2 aliphatic rings. The molecule has 8 nitrogen and oxygen atoms in total. The number of nitrogens with zero attached hydrogens (tertiary/aromatic N) is 5. The van der Waals surface area contributed by atoms with Crippen LogP contribution in [0.5, 0.6) is 0 Å². The summed E-state index contributed by atoms with van der Waals surface area (Å²) in [6.07, 6.45) is 12.6. The minimum absolute atomic E-state index is 0.166. The molecule has 5 heterocycles. The van der Waals surface area contributed by atoms with Crippen molar-refractivity contribution < 1.29 is 4.39 Å². The van der Waals surface area contributed by atoms with E-state index in [-0.39, 0.29) is 11.5 Å². The van der Waals surface area contributed by atoms with E-state index in [1.54, 1.807) is 41.9 Å². The van der Waals surface area contributed by atoms with E-state index in [0.717, 1.165) is 25.7 Å². The molecule has 2 aliphatic heterocycles. The maximum Gasteiger partial charge on any atom is 0.193 e. The Bertz CT molecular complexity index is 1110. The molecule has 2 saturated heterocycles. The quantitative estimate of drug-likeness (QED) is 0.670. The lowest BCUT2D eigenvalue weighted by atomic mass is 9.73. The lowest BCUT2D eigenvalue weighted by Crippen LogP contribution is -2.68. The molecule has 0 amide bonds. The van der Waals surface area contributed by atoms with E-state index in [9.17, 15) is 4.79 Å². The molecule has 4 atom stereocenters. The SMILES string of the molecule is CN(c1cnc(-c2c[nH]c(-n3ccnc3)cc2=O)cn1)[C@@H]1CC2CCC[C@](C)(N2)[C@H]1F. The predicted octanol–water partition coefficient (Wildman–Crippen LogP) is 2.46. The first-order valence-corrected chi connectivity index (χ1v) is 10.6. The van der Waals surface area contributed by atoms with E-state index in [1.807, 2.05) is 18.9 Å². The number of pyridine rings is 1. The Morgan fingerprint density at radius 2 is 2.19 bits per heavy atom. The van der Waals surface area contributed by atoms with Crippen molar-refractivity contribution in [3.05, 3.63) is 53.6 Å². The first-order valence-electron chi connectivity index (χ1n) is 10.6. The minimum Gasteiger partial charge on any atom is -0.352 e. The van der Waals surface area contributed by atoms with Crippen molar-refractivity contribution >= 4 is 5.82 Å². The third-order valence-corrected chi connectivity index (χ3v) is 6.71. The van der Waals surface area contributed by atoms with Crippen LogP contribution in [0.2, 0.25) is 0 Å². The van der Waals surface area contributed by atoms with E-state index in [2.05, 4.69) is 25.3 Å². The summed E-state index contributed by atoms with van der Waals surface area (Å²) in [5.41, 5.74) is 0.248. The predicted molar refractivity (Wildman–Crippen MR) is 116 cm³/mol. The Balaban J connectivity index is 1.37. The highest BCUT2D eigenvalue weighted by atomic mass is 19.1. The van der Waals surface area contributed by atoms with E-state index in [4.69, 9.17) is 0 Å². The van der Waals surface area contributed by atoms with Crippen molar-refractivity contribution in [2.24, 2.45) is 0 Å². The smallest absolute Gasteiger partial charge is 0.193 e. The zero-order chi connectivity index (χ0) is 21.6. The topological polar surface area (TPSA) is 91.7 Å². The lowest BCUT2D eigenvalue weighted by Gasteiger charge is -2.52. The number of hydrogen-bond donors (Lipinski definition) is 2. The Morgan fingerprint density at radius 1 is 1.32 bits per heavy atom. The van der Waals surface area contributed by atoms with Gasteiger partial charge in [0.25, 0.3) is 0 Å². The standard InChI is InChI=1S/C22H26FN7O/c1-22-5-3-4-14(28-22)8-17(21(22)23)29(2)20-12-25-16(11-27-20)15-10-26-19(9-18(15)31)30-7-6-24-13-30/h6-7,9-14,17,21,28H,3-5,8H2,1-2H3,(H,26,31)/t14?,17-,21+,22+/m1/s1. The molecule has 3 aromatic rings. The van der Waals surface area contributed by atoms with Crippen LogP contribution in [0.15, 0.2) is 48.2 Å². The highest BCUT2D eigenvalue weighted by molar-refractivity contribution is 5.58. The molecule has 5 rings (SSSR count). The number of aromatic nitrogens is 5. The largest absolute Gasteiger partial charge is 0.352 e. The summed E-state index contributed by atoms with van der Waals surface area (Å²) >= 11 is 0. The average Bonchev–Trinajstić information content (AvgIpc) is 3.31. The number of halogens is 1. The molecule has 0 aliphatic carbocycles. The summed E-state index contributed by atoms with van der Waals surface area (Å²) in [4.78, 5) is 30.5. The number of rotatable bonds is 4. The molecule has 1 unspecified atom stereocenters. The van der Waals surface area contributed by atoms with Crippen molar-refractivity contribution in [2.45, 2.75) is 56.4 Å². The summed E-state index contributed by atoms with van der Waals surface area (Å²) in [6, 6.07) is 1.58. The molecule has 0 spiro atoms. The van der Waals surface area contributed by atoms with E-state index >= 15 is 4.39 Å². The highest BCUT2D eigenvalue weighted by Gasteiger charge is 2.49. The van der Waals surface area contributed by atoms with Crippen LogP contribution in [0.3, 0.4) is 0 Å². The second-order valence-electron chi connectivity index (χ2n) is 8.79. The van der Waals surface area contributed by atoms with Crippen LogP contribution < -0.4 is 15.6 Å². The number of nitrogens with one attached hydrogen (secondary N) is 2. The van der Waals surface area contributed by atoms with Crippen molar-refractivity contribution in [1.29, 1.82) is 0 Å². The van der Waals surface area contributed by atoms with E-state index in [1.165, 1.54) is 6.07 Å². The Labute approximate surface area is 179 Å². The number of aromatic amines is 1. The van der Waals surface area contributed by atoms with E-state index < -0.39 is 11.7 Å². The van der Waals surface area contributed by atoms with E-state index in [0.29, 0.717) is 28.9 Å². The number of imidazole rings is 1. The number of H-pyrrole nitrogens is 1. The third-order valence-electron chi connectivity index (χ3n) is 6.71. The van der Waals surface area contributed by atoms with Crippen LogP contribution in [-0.2, 0) is 0 Å². The second kappa shape index (κ2) is 7.56. The van der Waals surface area contributed by atoms with Gasteiger partial charge >= 0.3 is 0 Å². The van der Waals surface area contributed by atoms with Gasteiger partial charge in [-0.3, -0.25) is 14.3 Å². The summed E-state index contributed by atoms with van der Waals surface area (Å²) in [5.74, 6) is 1.22. The summed E-state index contributed by atoms with van der Waals surface area (Å²) in [7, 11) is 1.87. The Morgan fingerprint density at radius 3 is 2.90 bits per heavy atom. The van der Waals surface area contributed by atoms with Gasteiger partial charge in [-0.25, -0.2) is 14.4 Å². The highest BCUT2D eigenvalue weighted by Crippen LogP contribution is 2.38. The third kappa shape index (κ3) is 3.52. The average molecular weight is 423 g/mol. The molecule has 2 N–H and O–H groups in total. The molecule has 162 valence electrons. The Kier molecular flexibility index (Phi) is 4.85. The number of piperidine rings is 2. The van der Waals surface area contributed by atoms with Gasteiger partial charge in [0.15, 0.2) is 5.43 Å². The van der Waals surface area contributed by atoms with Gasteiger partial charge in [-0.2, -0.15) is 0 Å². The lowest BCUT2D eigenvalue weighted by molar-refractivity contribution is 0.0405. The number of alkyl halides is 1. The number of anilines is 1. The maximum atomic E-state index is 15.4. The summed E-state index contributed by atoms with van der Waals surface area (Å²) in [5, 5.41) is 3.49. The number of fused-ring (bicyclic) bond motifs is 2. The molecular weight excluding hydrogens is 397 g/mol. The zero-order valence-electron chi connectivity index (χ0n) is 17.6. The minimum atomic E-state index is -0.992.